The van der Waals surface area contributed by atoms with Crippen molar-refractivity contribution >= 4 is 39.9 Å². The number of Topliss-reactive ketones (excluding diaryl/α,β-unsaturated/α-hetero) is 1. The molecule has 2 aliphatic rings. The third-order valence-corrected chi connectivity index (χ3v) is 4.44. The van der Waals surface area contributed by atoms with Crippen LogP contribution in [0.1, 0.15) is 15.9 Å². The predicted octanol–water partition coefficient (Wildman–Crippen LogP) is 2.58. The van der Waals surface area contributed by atoms with E-state index in [-0.39, 0.29) is 11.7 Å². The van der Waals surface area contributed by atoms with Crippen LogP contribution in [0.3, 0.4) is 0 Å². The molecule has 0 saturated carbocycles. The summed E-state index contributed by atoms with van der Waals surface area (Å²) in [6.07, 6.45) is 1.31. The van der Waals surface area contributed by atoms with E-state index >= 15 is 0 Å². The van der Waals surface area contributed by atoms with Crippen LogP contribution in [0.4, 0.5) is 0 Å². The number of carbonyl (C=O) groups excluding carboxylic acids is 1. The normalized spacial score (nSPS) is 17.8. The molecule has 1 N–H and O–H groups in total. The average molecular weight is 334 g/mol. The van der Waals surface area contributed by atoms with E-state index in [4.69, 9.17) is 5.41 Å². The summed E-state index contributed by atoms with van der Waals surface area (Å²) in [6.45, 7) is 0. The fourth-order valence-corrected chi connectivity index (χ4v) is 3.19. The van der Waals surface area contributed by atoms with E-state index in [1.54, 1.807) is 24.3 Å². The molecule has 0 amide bonds. The lowest BCUT2D eigenvalue weighted by molar-refractivity contribution is -0.407. The highest BCUT2D eigenvalue weighted by Gasteiger charge is 2.42. The minimum Gasteiger partial charge on any atom is -0.286 e. The summed E-state index contributed by atoms with van der Waals surface area (Å²) in [5.74, 6) is -0.171. The van der Waals surface area contributed by atoms with Crippen LogP contribution >= 0.6 is 11.8 Å². The Kier molecular flexibility index (Phi) is 3.55. The minimum atomic E-state index is -0.205. The van der Waals surface area contributed by atoms with Gasteiger partial charge in [-0.05, 0) is 11.8 Å². The number of hydrogen-bond donors (Lipinski definition) is 1. The molecule has 2 aliphatic heterocycles. The van der Waals surface area contributed by atoms with E-state index in [9.17, 15) is 4.79 Å². The molecule has 116 valence electrons. The number of rotatable bonds is 3. The summed E-state index contributed by atoms with van der Waals surface area (Å²) in [6, 6.07) is 18.6. The molecule has 0 atom stereocenters. The Morgan fingerprint density at radius 3 is 2.42 bits per heavy atom. The number of amidine groups is 1. The molecule has 0 aromatic heterocycles. The third-order valence-electron chi connectivity index (χ3n) is 3.49. The van der Waals surface area contributed by atoms with Crippen LogP contribution in [0.2, 0.25) is 0 Å². The zero-order chi connectivity index (χ0) is 16.5. The Balaban J connectivity index is 1.58. The molecule has 0 bridgehead atoms. The van der Waals surface area contributed by atoms with E-state index in [0.29, 0.717) is 10.7 Å². The summed E-state index contributed by atoms with van der Waals surface area (Å²) < 4.78 is 1.25. The maximum Gasteiger partial charge on any atom is 0.441 e. The van der Waals surface area contributed by atoms with E-state index in [2.05, 4.69) is 10.2 Å². The summed E-state index contributed by atoms with van der Waals surface area (Å²) in [5, 5.41) is 19.7. The van der Waals surface area contributed by atoms with Gasteiger partial charge in [-0.2, -0.15) is 0 Å². The average Bonchev–Trinajstić information content (AvgIpc) is 3.17. The highest BCUT2D eigenvalue weighted by molar-refractivity contribution is 8.27. The zero-order valence-electron chi connectivity index (χ0n) is 12.5. The first-order valence-corrected chi connectivity index (χ1v) is 8.07. The van der Waals surface area contributed by atoms with E-state index < -0.39 is 0 Å². The number of guanidine groups is 1. The van der Waals surface area contributed by atoms with E-state index in [1.165, 1.54) is 27.7 Å². The summed E-state index contributed by atoms with van der Waals surface area (Å²) in [4.78, 5) is 12.2. The van der Waals surface area contributed by atoms with Crippen molar-refractivity contribution in [2.75, 3.05) is 0 Å². The van der Waals surface area contributed by atoms with Gasteiger partial charge in [-0.3, -0.25) is 4.79 Å². The van der Waals surface area contributed by atoms with Crippen LogP contribution in [-0.4, -0.2) is 37.9 Å². The molecule has 0 unspecified atom stereocenters. The molecule has 2 aromatic carbocycles. The van der Waals surface area contributed by atoms with Crippen molar-refractivity contribution in [3.05, 3.63) is 71.8 Å². The molecule has 24 heavy (non-hydrogen) atoms. The van der Waals surface area contributed by atoms with Gasteiger partial charge in [0.2, 0.25) is 5.78 Å². The summed E-state index contributed by atoms with van der Waals surface area (Å²) >= 11 is 1.38. The van der Waals surface area contributed by atoms with Gasteiger partial charge in [-0.15, -0.1) is 10.1 Å². The quantitative estimate of drug-likeness (QED) is 0.693. The van der Waals surface area contributed by atoms with Gasteiger partial charge in [-0.1, -0.05) is 75.9 Å². The number of hydrazone groups is 2. The standard InChI is InChI=1S/C17H12N5OS/c18-16-21(11-14(23)12-7-3-1-4-8-12)20-17-22(16)19-15(24-17)13-9-5-2-6-10-13/h1-11,18H/q+1/b18-16?,21-11-. The van der Waals surface area contributed by atoms with Crippen LogP contribution in [0.25, 0.3) is 0 Å². The molecule has 0 spiro atoms. The second kappa shape index (κ2) is 5.86. The van der Waals surface area contributed by atoms with Crippen LogP contribution in [0, 0.1) is 5.41 Å². The van der Waals surface area contributed by atoms with Gasteiger partial charge in [0.1, 0.15) is 11.3 Å². The Bertz CT molecular complexity index is 919. The molecule has 2 aromatic rings. The molecular formula is C17H12N5OS+. The van der Waals surface area contributed by atoms with Crippen molar-refractivity contribution in [3.8, 4) is 0 Å². The third kappa shape index (κ3) is 2.55. The van der Waals surface area contributed by atoms with E-state index in [0.717, 1.165) is 10.6 Å². The number of hydrogen-bond acceptors (Lipinski definition) is 5. The van der Waals surface area contributed by atoms with Crippen molar-refractivity contribution in [3.63, 3.8) is 0 Å². The van der Waals surface area contributed by atoms with Crippen molar-refractivity contribution < 1.29 is 9.48 Å². The highest BCUT2D eigenvalue weighted by atomic mass is 32.2. The zero-order valence-corrected chi connectivity index (χ0v) is 13.3. The topological polar surface area (TPSA) is 71.9 Å². The van der Waals surface area contributed by atoms with Gasteiger partial charge >= 0.3 is 5.96 Å². The number of nitrogens with zero attached hydrogens (tertiary/aromatic N) is 4. The van der Waals surface area contributed by atoms with Crippen LogP contribution < -0.4 is 0 Å². The molecule has 4 rings (SSSR count). The van der Waals surface area contributed by atoms with Crippen molar-refractivity contribution in [1.29, 1.82) is 5.41 Å². The van der Waals surface area contributed by atoms with Crippen LogP contribution in [0.15, 0.2) is 70.9 Å². The lowest BCUT2D eigenvalue weighted by Gasteiger charge is -1.98. The summed E-state index contributed by atoms with van der Waals surface area (Å²) in [5.41, 5.74) is 1.53. The predicted molar refractivity (Wildman–Crippen MR) is 94.7 cm³/mol. The number of nitrogens with one attached hydrogen (secondary N) is 1. The Morgan fingerprint density at radius 1 is 1.08 bits per heavy atom. The van der Waals surface area contributed by atoms with Gasteiger partial charge in [0.25, 0.3) is 5.17 Å². The molecule has 0 aliphatic carbocycles. The lowest BCUT2D eigenvalue weighted by Crippen LogP contribution is -2.27. The summed E-state index contributed by atoms with van der Waals surface area (Å²) in [7, 11) is 0. The van der Waals surface area contributed by atoms with Gasteiger partial charge < -0.3 is 0 Å². The molecule has 0 fully saturated rings. The monoisotopic (exact) mass is 334 g/mol. The SMILES string of the molecule is N=C1N2N=C(c3ccccc3)SC2=N/[N+]1=C\C(=O)c1ccccc1. The minimum absolute atomic E-state index is 0.0349. The number of benzene rings is 2. The lowest BCUT2D eigenvalue weighted by atomic mass is 10.1. The van der Waals surface area contributed by atoms with Gasteiger partial charge in [0.05, 0.1) is 0 Å². The maximum atomic E-state index is 12.2. The Hall–Kier alpha value is -3.06. The fraction of sp³-hybridized carbons (Fsp3) is 0. The van der Waals surface area contributed by atoms with Crippen molar-refractivity contribution in [1.82, 2.24) is 5.01 Å². The van der Waals surface area contributed by atoms with Crippen LogP contribution in [0.5, 0.6) is 0 Å². The Labute approximate surface area is 142 Å². The molecule has 7 heteroatoms. The second-order valence-electron chi connectivity index (χ2n) is 5.10. The van der Waals surface area contributed by atoms with Gasteiger partial charge in [-0.25, -0.2) is 0 Å². The van der Waals surface area contributed by atoms with Crippen molar-refractivity contribution in [2.45, 2.75) is 0 Å². The first kappa shape index (κ1) is 14.5. The van der Waals surface area contributed by atoms with Gasteiger partial charge in [0, 0.05) is 11.1 Å². The second-order valence-corrected chi connectivity index (χ2v) is 6.05. The number of thioether (sulfide) groups is 1. The molecule has 0 saturated heterocycles. The van der Waals surface area contributed by atoms with Crippen molar-refractivity contribution in [2.24, 2.45) is 10.2 Å². The largest absolute Gasteiger partial charge is 0.441 e. The molecule has 2 heterocycles. The fourth-order valence-electron chi connectivity index (χ4n) is 2.30. The van der Waals surface area contributed by atoms with Gasteiger partial charge in [0.15, 0.2) is 0 Å². The van der Waals surface area contributed by atoms with Crippen LogP contribution in [-0.2, 0) is 0 Å². The number of ketones is 1. The first-order valence-electron chi connectivity index (χ1n) is 7.25. The first-order chi connectivity index (χ1) is 11.7. The molecule has 0 radical (unpaired) electrons. The number of carbonyl (C=O) groups is 1. The maximum absolute atomic E-state index is 12.2. The highest BCUT2D eigenvalue weighted by Crippen LogP contribution is 2.28. The number of fused-ring (bicyclic) bond motifs is 1. The smallest absolute Gasteiger partial charge is 0.286 e. The molecular weight excluding hydrogens is 322 g/mol. The van der Waals surface area contributed by atoms with E-state index in [1.807, 2.05) is 36.4 Å². The Morgan fingerprint density at radius 2 is 1.75 bits per heavy atom. The molecule has 6 nitrogen and oxygen atoms in total.